The summed E-state index contributed by atoms with van der Waals surface area (Å²) in [5.41, 5.74) is 6.24. The number of rotatable bonds is 3. The second-order valence-electron chi connectivity index (χ2n) is 2.17. The predicted octanol–water partition coefficient (Wildman–Crippen LogP) is -1.16. The van der Waals surface area contributed by atoms with Crippen molar-refractivity contribution in [3.63, 3.8) is 0 Å². The lowest BCUT2D eigenvalue weighted by Gasteiger charge is -2.02. The molecule has 66 valence electrons. The first-order chi connectivity index (χ1) is 5.33. The third kappa shape index (κ3) is 3.30. The number of hydrogen-bond acceptors (Lipinski definition) is 2. The molecule has 0 spiro atoms. The van der Waals surface area contributed by atoms with Crippen molar-refractivity contribution in [2.75, 3.05) is 12.3 Å². The largest absolute Gasteiger partial charge is 1.00 e. The highest BCUT2D eigenvalue weighted by molar-refractivity contribution is 5.43. The van der Waals surface area contributed by atoms with Crippen LogP contribution in [0.3, 0.4) is 0 Å². The van der Waals surface area contributed by atoms with E-state index in [1.165, 1.54) is 0 Å². The van der Waals surface area contributed by atoms with Gasteiger partial charge in [-0.25, -0.2) is 0 Å². The molecule has 0 saturated carbocycles. The zero-order chi connectivity index (χ0) is 8.10. The van der Waals surface area contributed by atoms with Crippen molar-refractivity contribution in [2.45, 2.75) is 0 Å². The summed E-state index contributed by atoms with van der Waals surface area (Å²) < 4.78 is 5.24. The van der Waals surface area contributed by atoms with Crippen LogP contribution in [0.15, 0.2) is 36.9 Å². The second kappa shape index (κ2) is 5.49. The standard InChI is InChI=1S/C9H11NO.ClH/c1-2-6-11-9-5-3-4-8(10)7-9;/h2-5,7H,1,6,10H2;1H/p-1. The van der Waals surface area contributed by atoms with E-state index in [2.05, 4.69) is 6.58 Å². The molecular weight excluding hydrogens is 174 g/mol. The fourth-order valence-electron chi connectivity index (χ4n) is 0.759. The summed E-state index contributed by atoms with van der Waals surface area (Å²) in [6.45, 7) is 4.06. The van der Waals surface area contributed by atoms with Gasteiger partial charge in [-0.05, 0) is 12.1 Å². The lowest BCUT2D eigenvalue weighted by Crippen LogP contribution is -3.00. The van der Waals surface area contributed by atoms with E-state index in [1.54, 1.807) is 12.1 Å². The van der Waals surface area contributed by atoms with Gasteiger partial charge in [0, 0.05) is 11.8 Å². The Labute approximate surface area is 78.4 Å². The molecule has 0 saturated heterocycles. The molecule has 3 heteroatoms. The topological polar surface area (TPSA) is 35.2 Å². The third-order valence-electron chi connectivity index (χ3n) is 1.23. The van der Waals surface area contributed by atoms with Crippen LogP contribution in [0.25, 0.3) is 0 Å². The minimum atomic E-state index is 0. The van der Waals surface area contributed by atoms with E-state index in [0.717, 1.165) is 5.75 Å². The van der Waals surface area contributed by atoms with Gasteiger partial charge in [0.05, 0.1) is 0 Å². The van der Waals surface area contributed by atoms with Gasteiger partial charge in [-0.2, -0.15) is 0 Å². The monoisotopic (exact) mass is 184 g/mol. The summed E-state index contributed by atoms with van der Waals surface area (Å²) in [5.74, 6) is 0.782. The molecule has 2 N–H and O–H groups in total. The number of nitrogen functional groups attached to an aromatic ring is 1. The number of anilines is 1. The number of benzene rings is 1. The molecule has 1 aromatic carbocycles. The summed E-state index contributed by atoms with van der Waals surface area (Å²) in [6.07, 6.45) is 1.70. The molecule has 0 amide bonds. The lowest BCUT2D eigenvalue weighted by molar-refractivity contribution is -0.00000272. The fraction of sp³-hybridized carbons (Fsp3) is 0.111. The molecule has 0 aliphatic carbocycles. The number of hydrogen-bond donors (Lipinski definition) is 1. The summed E-state index contributed by atoms with van der Waals surface area (Å²) in [4.78, 5) is 0. The Kier molecular flexibility index (Phi) is 4.97. The zero-order valence-electron chi connectivity index (χ0n) is 6.66. The van der Waals surface area contributed by atoms with E-state index >= 15 is 0 Å². The first-order valence-corrected chi connectivity index (χ1v) is 3.42. The quantitative estimate of drug-likeness (QED) is 0.475. The van der Waals surface area contributed by atoms with E-state index < -0.39 is 0 Å². The van der Waals surface area contributed by atoms with E-state index in [0.29, 0.717) is 12.3 Å². The van der Waals surface area contributed by atoms with Gasteiger partial charge in [0.15, 0.2) is 0 Å². The molecule has 0 bridgehead atoms. The van der Waals surface area contributed by atoms with Crippen molar-refractivity contribution in [1.82, 2.24) is 0 Å². The minimum Gasteiger partial charge on any atom is -1.00 e. The van der Waals surface area contributed by atoms with Gasteiger partial charge in [0.25, 0.3) is 0 Å². The van der Waals surface area contributed by atoms with E-state index in [4.69, 9.17) is 10.5 Å². The molecule has 0 heterocycles. The van der Waals surface area contributed by atoms with Crippen molar-refractivity contribution in [1.29, 1.82) is 0 Å². The average Bonchev–Trinajstić information content (AvgIpc) is 2.01. The van der Waals surface area contributed by atoms with E-state index in [1.807, 2.05) is 18.2 Å². The molecule has 1 aromatic rings. The van der Waals surface area contributed by atoms with Gasteiger partial charge in [0.1, 0.15) is 12.4 Å². The lowest BCUT2D eigenvalue weighted by atomic mass is 10.3. The van der Waals surface area contributed by atoms with Gasteiger partial charge >= 0.3 is 0 Å². The molecule has 2 nitrogen and oxygen atoms in total. The van der Waals surface area contributed by atoms with Crippen molar-refractivity contribution in [2.24, 2.45) is 0 Å². The molecule has 1 rings (SSSR count). The Morgan fingerprint density at radius 3 is 2.83 bits per heavy atom. The average molecular weight is 185 g/mol. The van der Waals surface area contributed by atoms with Gasteiger partial charge in [-0.3, -0.25) is 0 Å². The number of halogens is 1. The highest BCUT2D eigenvalue weighted by Crippen LogP contribution is 2.13. The maximum absolute atomic E-state index is 5.52. The van der Waals surface area contributed by atoms with Crippen LogP contribution >= 0.6 is 0 Å². The Hall–Kier alpha value is -1.15. The maximum atomic E-state index is 5.52. The zero-order valence-corrected chi connectivity index (χ0v) is 7.42. The normalized spacial score (nSPS) is 8.33. The van der Waals surface area contributed by atoms with Gasteiger partial charge < -0.3 is 22.9 Å². The Balaban J connectivity index is 0.00000121. The molecule has 0 aliphatic heterocycles. The van der Waals surface area contributed by atoms with E-state index in [9.17, 15) is 0 Å². The SMILES string of the molecule is C=CCOc1cccc(N)c1.[Cl-]. The van der Waals surface area contributed by atoms with Crippen molar-refractivity contribution in [3.8, 4) is 5.75 Å². The molecular formula is C9H11ClNO-. The van der Waals surface area contributed by atoms with Crippen LogP contribution in [0.5, 0.6) is 5.75 Å². The first kappa shape index (κ1) is 10.8. The van der Waals surface area contributed by atoms with Crippen molar-refractivity contribution >= 4 is 5.69 Å². The highest BCUT2D eigenvalue weighted by atomic mass is 35.5. The highest BCUT2D eigenvalue weighted by Gasteiger charge is 1.90. The van der Waals surface area contributed by atoms with Crippen molar-refractivity contribution < 1.29 is 17.1 Å². The summed E-state index contributed by atoms with van der Waals surface area (Å²) >= 11 is 0. The molecule has 0 radical (unpaired) electrons. The fourth-order valence-corrected chi connectivity index (χ4v) is 0.759. The molecule has 0 unspecified atom stereocenters. The van der Waals surface area contributed by atoms with E-state index in [-0.39, 0.29) is 12.4 Å². The Bertz CT molecular complexity index is 250. The summed E-state index contributed by atoms with van der Waals surface area (Å²) in [5, 5.41) is 0. The minimum absolute atomic E-state index is 0. The number of ether oxygens (including phenoxy) is 1. The molecule has 12 heavy (non-hydrogen) atoms. The maximum Gasteiger partial charge on any atom is 0.121 e. The smallest absolute Gasteiger partial charge is 0.121 e. The molecule has 0 atom stereocenters. The van der Waals surface area contributed by atoms with Gasteiger partial charge in [-0.1, -0.05) is 18.7 Å². The molecule has 0 fully saturated rings. The number of nitrogens with two attached hydrogens (primary N) is 1. The Morgan fingerprint density at radius 2 is 2.25 bits per heavy atom. The Morgan fingerprint density at radius 1 is 1.50 bits per heavy atom. The van der Waals surface area contributed by atoms with Crippen LogP contribution in [-0.4, -0.2) is 6.61 Å². The van der Waals surface area contributed by atoms with Crippen LogP contribution in [0.4, 0.5) is 5.69 Å². The van der Waals surface area contributed by atoms with Crippen LogP contribution in [0.1, 0.15) is 0 Å². The molecule has 0 aromatic heterocycles. The van der Waals surface area contributed by atoms with Gasteiger partial charge in [-0.15, -0.1) is 0 Å². The molecule has 0 aliphatic rings. The van der Waals surface area contributed by atoms with Crippen LogP contribution in [0.2, 0.25) is 0 Å². The summed E-state index contributed by atoms with van der Waals surface area (Å²) in [6, 6.07) is 7.32. The predicted molar refractivity (Wildman–Crippen MR) is 46.5 cm³/mol. The van der Waals surface area contributed by atoms with Crippen LogP contribution in [-0.2, 0) is 0 Å². The summed E-state index contributed by atoms with van der Waals surface area (Å²) in [7, 11) is 0. The van der Waals surface area contributed by atoms with Crippen LogP contribution < -0.4 is 22.9 Å². The third-order valence-corrected chi connectivity index (χ3v) is 1.23. The van der Waals surface area contributed by atoms with Gasteiger partial charge in [0.2, 0.25) is 0 Å². The second-order valence-corrected chi connectivity index (χ2v) is 2.17. The van der Waals surface area contributed by atoms with Crippen molar-refractivity contribution in [3.05, 3.63) is 36.9 Å². The first-order valence-electron chi connectivity index (χ1n) is 3.42. The van der Waals surface area contributed by atoms with Crippen LogP contribution in [0, 0.1) is 0 Å².